The van der Waals surface area contributed by atoms with Crippen LogP contribution in [-0.4, -0.2) is 195 Å². The lowest BCUT2D eigenvalue weighted by molar-refractivity contribution is -0.0426. The highest BCUT2D eigenvalue weighted by molar-refractivity contribution is 7.90. The zero-order valence-corrected chi connectivity index (χ0v) is 65.7. The van der Waals surface area contributed by atoms with Crippen molar-refractivity contribution in [1.29, 1.82) is 0 Å². The fourth-order valence-electron chi connectivity index (χ4n) is 14.4. The number of benzene rings is 6. The number of ether oxygens (including phenoxy) is 3. The quantitative estimate of drug-likeness (QED) is 0.0390. The summed E-state index contributed by atoms with van der Waals surface area (Å²) < 4.78 is 112. The number of nitrogens with one attached hydrogen (secondary N) is 5. The Hall–Kier alpha value is -8.29. The summed E-state index contributed by atoms with van der Waals surface area (Å²) in [6, 6.07) is 28.6. The van der Waals surface area contributed by atoms with Crippen molar-refractivity contribution in [2.24, 2.45) is 11.8 Å². The van der Waals surface area contributed by atoms with Gasteiger partial charge in [0.2, 0.25) is 10.0 Å². The van der Waals surface area contributed by atoms with Crippen molar-refractivity contribution in [3.05, 3.63) is 203 Å². The van der Waals surface area contributed by atoms with E-state index < -0.39 is 60.2 Å². The van der Waals surface area contributed by atoms with Gasteiger partial charge in [-0.1, -0.05) is 78.5 Å². The van der Waals surface area contributed by atoms with E-state index in [1.807, 2.05) is 38.1 Å². The van der Waals surface area contributed by atoms with E-state index in [0.717, 1.165) is 143 Å². The van der Waals surface area contributed by atoms with Crippen LogP contribution in [0.4, 0.5) is 18.0 Å². The molecule has 602 valence electrons. The van der Waals surface area contributed by atoms with E-state index in [9.17, 15) is 59.1 Å². The first-order chi connectivity index (χ1) is 52.3. The highest BCUT2D eigenvalue weighted by atomic mass is 35.5. The van der Waals surface area contributed by atoms with Crippen molar-refractivity contribution in [3.63, 3.8) is 0 Å². The number of hydrogen-bond acceptors (Lipinski definition) is 16. The summed E-state index contributed by atoms with van der Waals surface area (Å²) in [5.41, 5.74) is 0.589. The molecule has 23 nitrogen and oxygen atoms in total. The van der Waals surface area contributed by atoms with Gasteiger partial charge in [0.25, 0.3) is 33.0 Å². The molecule has 31 heteroatoms. The van der Waals surface area contributed by atoms with Crippen LogP contribution in [0.1, 0.15) is 113 Å². The molecule has 2 atom stereocenters. The van der Waals surface area contributed by atoms with Gasteiger partial charge in [0, 0.05) is 152 Å². The number of aliphatic hydroxyl groups is 1. The lowest BCUT2D eigenvalue weighted by Gasteiger charge is -2.42. The number of carbonyl (C=O) groups is 3. The number of nitrogens with zero attached hydrogens (tertiary/aromatic N) is 5. The Kier molecular flexibility index (Phi) is 27.4. The molecule has 5 aliphatic heterocycles. The molecule has 0 unspecified atom stereocenters. The van der Waals surface area contributed by atoms with Crippen molar-refractivity contribution in [1.82, 2.24) is 49.2 Å². The third-order valence-corrected chi connectivity index (χ3v) is 24.5. The molecular formula is C79H104Cl3F3N10O13S2. The number of likely N-dealkylation sites (tertiary alicyclic amines) is 4. The van der Waals surface area contributed by atoms with E-state index in [2.05, 4.69) is 53.9 Å². The Morgan fingerprint density at radius 1 is 0.582 bits per heavy atom. The van der Waals surface area contributed by atoms with Gasteiger partial charge < -0.3 is 54.6 Å². The molecule has 6 N–H and O–H groups in total. The van der Waals surface area contributed by atoms with Crippen LogP contribution in [0, 0.1) is 43.1 Å². The summed E-state index contributed by atoms with van der Waals surface area (Å²) >= 11 is 18.1. The first-order valence-corrected chi connectivity index (χ1v) is 40.9. The lowest BCUT2D eigenvalue weighted by Crippen LogP contribution is -2.61. The van der Waals surface area contributed by atoms with E-state index in [4.69, 9.17) is 49.0 Å². The van der Waals surface area contributed by atoms with Crippen molar-refractivity contribution in [3.8, 4) is 17.2 Å². The Morgan fingerprint density at radius 2 is 1.09 bits per heavy atom. The number of urea groups is 1. The number of H-pyrrole nitrogens is 2. The minimum Gasteiger partial charge on any atom is -0.490 e. The highest BCUT2D eigenvalue weighted by Gasteiger charge is 2.44. The number of sulfonamides is 2. The van der Waals surface area contributed by atoms with Crippen molar-refractivity contribution in [2.45, 2.75) is 126 Å². The summed E-state index contributed by atoms with van der Waals surface area (Å²) in [6.45, 7) is 18.3. The van der Waals surface area contributed by atoms with Gasteiger partial charge in [-0.15, -0.1) is 0 Å². The number of carbonyl (C=O) groups excluding carboxylic acids is 3. The highest BCUT2D eigenvalue weighted by Crippen LogP contribution is 2.33. The SMILES string of the molecule is C[C@H](CNC(=O)c1c[nH]c(=O)c2cc(S(=O)(=O)N3CC(C)(O)C3)ccc12)CN1CCC(Oc2ccc(Cl)c(Cl)c2)CC1.Cc1cc(Cl)ccc1OC1CCN(C[C@H](C)CNC(=O)c2c[nH]c(=O)c3cc(F)ccc23)CC1.Cc1ccc(S(=O)(=O)NC(=O)N2CCC(N3CCC(Oc4ccc(F)c(F)c4)CC3)CC2)cc1.[HH].[HH].[HH].[HH].[HH].[HH]. The van der Waals surface area contributed by atoms with Gasteiger partial charge in [0.05, 0.1) is 42.0 Å². The van der Waals surface area contributed by atoms with Crippen LogP contribution in [0.5, 0.6) is 17.2 Å². The molecule has 5 fully saturated rings. The van der Waals surface area contributed by atoms with E-state index >= 15 is 0 Å². The smallest absolute Gasteiger partial charge is 0.331 e. The monoisotopic (exact) mass is 1630 g/mol. The summed E-state index contributed by atoms with van der Waals surface area (Å²) in [4.78, 5) is 76.7. The number of aromatic nitrogens is 2. The number of pyridine rings is 2. The molecule has 8 aromatic rings. The summed E-state index contributed by atoms with van der Waals surface area (Å²) in [5, 5.41) is 18.6. The molecule has 0 radical (unpaired) electrons. The average Bonchev–Trinajstić information content (AvgIpc) is 0.752. The van der Waals surface area contributed by atoms with Crippen LogP contribution in [0.2, 0.25) is 15.1 Å². The van der Waals surface area contributed by atoms with E-state index in [1.54, 1.807) is 36.1 Å². The van der Waals surface area contributed by atoms with E-state index in [0.29, 0.717) is 75.1 Å². The molecule has 13 rings (SSSR count). The molecule has 110 heavy (non-hydrogen) atoms. The molecule has 7 heterocycles. The minimum absolute atomic E-state index is 0. The number of aromatic amines is 2. The molecule has 0 saturated carbocycles. The zero-order chi connectivity index (χ0) is 78.8. The van der Waals surface area contributed by atoms with Gasteiger partial charge in [-0.05, 0) is 168 Å². The molecule has 5 saturated heterocycles. The van der Waals surface area contributed by atoms with Crippen molar-refractivity contribution in [2.75, 3.05) is 91.6 Å². The molecule has 2 aromatic heterocycles. The predicted octanol–water partition coefficient (Wildman–Crippen LogP) is 13.2. The number of β-amino-alcohol motifs (C(OH)–C–C–N with tert-alkyl or cyclic N) is 1. The molecule has 5 aliphatic rings. The second kappa shape index (κ2) is 36.5. The fraction of sp³-hybridized carbons (Fsp3) is 0.430. The van der Waals surface area contributed by atoms with Crippen LogP contribution >= 0.6 is 34.8 Å². The number of rotatable bonds is 21. The molecule has 0 spiro atoms. The standard InChI is InChI=1S/C29H34Cl2N4O6S.C26H29ClFN3O3.C24H29F2N3O4S.6H2/c1-18(15-34-9-7-19(8-10-34)41-20-3-6-25(30)26(31)11-20)13-32-28(37)24-14-33-27(36)23-12-21(4-5-22(23)24)42(39,40)35-16-29(2,38)17-35;1-16(13-29-26(33)23-14-30-25(32)22-12-19(28)4-5-21(22)23)15-31-9-7-20(8-10-31)34-24-6-3-18(27)11-17(24)2;1-17-2-5-21(6-3-17)34(31,32)27-24(30)29-12-8-18(9-13-29)28-14-10-19(11-15-28)33-20-4-7-22(25)23(26)16-20;;;;;;/h3-6,11-12,14,18-19,38H,7-10,13,15-17H2,1-2H3,(H,32,37)(H,33,36);3-6,11-12,14,16,20H,7-10,13,15H2,1-2H3,(H,29,33)(H,30,32);2-7,16,18-19H,8-15H2,1H3,(H,27,30);6*1H/t18-;16-;;;;;;;/m11......./s1. The number of aryl methyl sites for hydroxylation is 2. The average molecular weight is 1630 g/mol. The Morgan fingerprint density at radius 3 is 1.63 bits per heavy atom. The summed E-state index contributed by atoms with van der Waals surface area (Å²) in [5.74, 6) is -0.636. The maximum absolute atomic E-state index is 13.5. The van der Waals surface area contributed by atoms with Gasteiger partial charge in [0.1, 0.15) is 41.4 Å². The van der Waals surface area contributed by atoms with Crippen LogP contribution in [0.25, 0.3) is 21.5 Å². The van der Waals surface area contributed by atoms with Crippen molar-refractivity contribution >= 4 is 94.2 Å². The Bertz CT molecular complexity index is 5000. The van der Waals surface area contributed by atoms with Gasteiger partial charge in [-0.3, -0.25) is 24.1 Å². The summed E-state index contributed by atoms with van der Waals surface area (Å²) in [7, 11) is -7.78. The number of hydrogen-bond donors (Lipinski definition) is 6. The number of halogens is 6. The lowest BCUT2D eigenvalue weighted by atomic mass is 9.99. The van der Waals surface area contributed by atoms with Crippen LogP contribution in [-0.2, 0) is 20.0 Å². The van der Waals surface area contributed by atoms with Crippen LogP contribution in [0.15, 0.2) is 147 Å². The minimum atomic E-state index is -3.91. The Balaban J connectivity index is 0.000000305. The third-order valence-electron chi connectivity index (χ3n) is 20.4. The van der Waals surface area contributed by atoms with Gasteiger partial charge >= 0.3 is 6.03 Å². The zero-order valence-electron chi connectivity index (χ0n) is 61.8. The van der Waals surface area contributed by atoms with Crippen LogP contribution < -0.4 is 40.7 Å². The van der Waals surface area contributed by atoms with Gasteiger partial charge in [0.15, 0.2) is 11.6 Å². The van der Waals surface area contributed by atoms with E-state index in [-0.39, 0.29) is 89.7 Å². The van der Waals surface area contributed by atoms with Crippen LogP contribution in [0.3, 0.4) is 0 Å². The summed E-state index contributed by atoms with van der Waals surface area (Å²) in [6.07, 6.45) is 9.65. The number of fused-ring (bicyclic) bond motifs is 2. The largest absolute Gasteiger partial charge is 0.490 e. The first kappa shape index (κ1) is 82.7. The van der Waals surface area contributed by atoms with E-state index in [1.165, 1.54) is 60.9 Å². The number of amides is 4. The molecular weight excluding hydrogens is 1520 g/mol. The predicted molar refractivity (Wildman–Crippen MR) is 430 cm³/mol. The maximum Gasteiger partial charge on any atom is 0.331 e. The third kappa shape index (κ3) is 21.7. The fourth-order valence-corrected chi connectivity index (χ4v) is 17.5. The molecule has 6 aromatic carbocycles. The molecule has 0 bridgehead atoms. The van der Waals surface area contributed by atoms with Crippen molar-refractivity contribution < 1.29 is 72.3 Å². The molecule has 0 aliphatic carbocycles. The maximum atomic E-state index is 13.5. The molecule has 4 amide bonds. The second-order valence-electron chi connectivity index (χ2n) is 29.5. The second-order valence-corrected chi connectivity index (χ2v) is 34.3. The normalized spacial score (nSPS) is 17.9. The first-order valence-electron chi connectivity index (χ1n) is 36.8. The van der Waals surface area contributed by atoms with Gasteiger partial charge in [-0.2, -0.15) is 4.31 Å². The number of piperidine rings is 4. The Labute approximate surface area is 661 Å². The topological polar surface area (TPSA) is 285 Å². The van der Waals surface area contributed by atoms with Gasteiger partial charge in [-0.25, -0.2) is 39.5 Å².